The van der Waals surface area contributed by atoms with Crippen molar-refractivity contribution >= 4 is 5.65 Å². The standard InChI is InChI=1S/C7H5F3N4/c1-4-5-12-13-6(7(8,9)10)14(5)3-2-11-4/h2-3H,1H3. The van der Waals surface area contributed by atoms with Crippen LogP contribution in [0.5, 0.6) is 0 Å². The minimum atomic E-state index is -4.49. The molecule has 0 aromatic carbocycles. The van der Waals surface area contributed by atoms with Crippen molar-refractivity contribution in [2.45, 2.75) is 13.1 Å². The van der Waals surface area contributed by atoms with Crippen molar-refractivity contribution in [3.05, 3.63) is 23.9 Å². The molecule has 2 aromatic rings. The summed E-state index contributed by atoms with van der Waals surface area (Å²) < 4.78 is 37.9. The number of nitrogens with zero attached hydrogens (tertiary/aromatic N) is 4. The first-order valence-corrected chi connectivity index (χ1v) is 3.73. The highest BCUT2D eigenvalue weighted by Crippen LogP contribution is 2.27. The second kappa shape index (κ2) is 2.66. The lowest BCUT2D eigenvalue weighted by molar-refractivity contribution is -0.145. The molecule has 0 fully saturated rings. The summed E-state index contributed by atoms with van der Waals surface area (Å²) in [6.07, 6.45) is -2.03. The molecule has 2 aromatic heterocycles. The normalized spacial score (nSPS) is 12.3. The van der Waals surface area contributed by atoms with Gasteiger partial charge in [-0.1, -0.05) is 0 Å². The summed E-state index contributed by atoms with van der Waals surface area (Å²) >= 11 is 0. The van der Waals surface area contributed by atoms with E-state index in [4.69, 9.17) is 0 Å². The van der Waals surface area contributed by atoms with Crippen LogP contribution in [0.15, 0.2) is 12.4 Å². The molecular weight excluding hydrogens is 197 g/mol. The van der Waals surface area contributed by atoms with E-state index >= 15 is 0 Å². The molecule has 0 saturated carbocycles. The van der Waals surface area contributed by atoms with Gasteiger partial charge >= 0.3 is 6.18 Å². The fourth-order valence-electron chi connectivity index (χ4n) is 1.14. The Balaban J connectivity index is 2.76. The minimum Gasteiger partial charge on any atom is -0.276 e. The molecule has 0 unspecified atom stereocenters. The minimum absolute atomic E-state index is 0.125. The Kier molecular flexibility index (Phi) is 1.70. The third kappa shape index (κ3) is 1.21. The predicted octanol–water partition coefficient (Wildman–Crippen LogP) is 1.45. The molecule has 2 heterocycles. The third-order valence-electron chi connectivity index (χ3n) is 1.76. The Hall–Kier alpha value is -1.66. The number of alkyl halides is 3. The average molecular weight is 202 g/mol. The molecule has 0 bridgehead atoms. The second-order valence-electron chi connectivity index (χ2n) is 2.73. The zero-order valence-electron chi connectivity index (χ0n) is 7.08. The third-order valence-corrected chi connectivity index (χ3v) is 1.76. The van der Waals surface area contributed by atoms with E-state index in [9.17, 15) is 13.2 Å². The Morgan fingerprint density at radius 1 is 1.29 bits per heavy atom. The highest BCUT2D eigenvalue weighted by Gasteiger charge is 2.37. The smallest absolute Gasteiger partial charge is 0.276 e. The summed E-state index contributed by atoms with van der Waals surface area (Å²) in [5.41, 5.74) is 0.537. The van der Waals surface area contributed by atoms with E-state index in [0.717, 1.165) is 4.40 Å². The molecule has 0 aliphatic heterocycles. The summed E-state index contributed by atoms with van der Waals surface area (Å²) in [5.74, 6) is -1.03. The Labute approximate surface area is 76.4 Å². The van der Waals surface area contributed by atoms with E-state index in [0.29, 0.717) is 5.69 Å². The molecule has 74 valence electrons. The molecule has 0 spiro atoms. The van der Waals surface area contributed by atoms with E-state index < -0.39 is 12.0 Å². The van der Waals surface area contributed by atoms with Gasteiger partial charge in [-0.15, -0.1) is 10.2 Å². The van der Waals surface area contributed by atoms with Crippen molar-refractivity contribution in [1.82, 2.24) is 19.6 Å². The maximum Gasteiger partial charge on any atom is 0.452 e. The highest BCUT2D eigenvalue weighted by molar-refractivity contribution is 5.42. The van der Waals surface area contributed by atoms with Crippen molar-refractivity contribution in [2.75, 3.05) is 0 Å². The van der Waals surface area contributed by atoms with Gasteiger partial charge in [0.2, 0.25) is 5.82 Å². The van der Waals surface area contributed by atoms with Crippen molar-refractivity contribution in [2.24, 2.45) is 0 Å². The molecule has 0 saturated heterocycles. The molecule has 14 heavy (non-hydrogen) atoms. The zero-order valence-corrected chi connectivity index (χ0v) is 7.08. The van der Waals surface area contributed by atoms with Crippen LogP contribution in [0.3, 0.4) is 0 Å². The van der Waals surface area contributed by atoms with Crippen molar-refractivity contribution in [1.29, 1.82) is 0 Å². The van der Waals surface area contributed by atoms with Gasteiger partial charge in [-0.3, -0.25) is 9.38 Å². The van der Waals surface area contributed by atoms with Crippen LogP contribution in [0.2, 0.25) is 0 Å². The van der Waals surface area contributed by atoms with Gasteiger partial charge in [0, 0.05) is 12.4 Å². The number of halogens is 3. The zero-order chi connectivity index (χ0) is 10.3. The number of fused-ring (bicyclic) bond motifs is 1. The quantitative estimate of drug-likeness (QED) is 0.649. The Morgan fingerprint density at radius 2 is 2.00 bits per heavy atom. The molecule has 0 amide bonds. The number of aromatic nitrogens is 4. The van der Waals surface area contributed by atoms with Crippen LogP contribution in [0.1, 0.15) is 11.5 Å². The van der Waals surface area contributed by atoms with E-state index in [2.05, 4.69) is 15.2 Å². The first kappa shape index (κ1) is 8.92. The van der Waals surface area contributed by atoms with Gasteiger partial charge in [-0.2, -0.15) is 13.2 Å². The molecular formula is C7H5F3N4. The van der Waals surface area contributed by atoms with Crippen LogP contribution < -0.4 is 0 Å². The SMILES string of the molecule is Cc1nccn2c(C(F)(F)F)nnc12. The summed E-state index contributed by atoms with van der Waals surface area (Å²) in [5, 5.41) is 6.49. The van der Waals surface area contributed by atoms with Gasteiger partial charge < -0.3 is 0 Å². The van der Waals surface area contributed by atoms with Crippen LogP contribution in [0.4, 0.5) is 13.2 Å². The molecule has 2 rings (SSSR count). The predicted molar refractivity (Wildman–Crippen MR) is 40.5 cm³/mol. The van der Waals surface area contributed by atoms with Crippen molar-refractivity contribution in [3.63, 3.8) is 0 Å². The van der Waals surface area contributed by atoms with Gasteiger partial charge in [-0.05, 0) is 6.92 Å². The van der Waals surface area contributed by atoms with Gasteiger partial charge in [0.1, 0.15) is 0 Å². The number of rotatable bonds is 0. The van der Waals surface area contributed by atoms with Gasteiger partial charge in [0.15, 0.2) is 5.65 Å². The van der Waals surface area contributed by atoms with E-state index in [1.807, 2.05) is 0 Å². The fourth-order valence-corrected chi connectivity index (χ4v) is 1.14. The lowest BCUT2D eigenvalue weighted by Gasteiger charge is -2.03. The number of aryl methyl sites for hydroxylation is 1. The van der Waals surface area contributed by atoms with Crippen LogP contribution in [-0.4, -0.2) is 19.6 Å². The average Bonchev–Trinajstić information content (AvgIpc) is 2.47. The maximum absolute atomic E-state index is 12.3. The van der Waals surface area contributed by atoms with E-state index in [1.54, 1.807) is 6.92 Å². The lowest BCUT2D eigenvalue weighted by atomic mass is 10.4. The fraction of sp³-hybridized carbons (Fsp3) is 0.286. The van der Waals surface area contributed by atoms with Crippen LogP contribution in [0, 0.1) is 6.92 Å². The first-order valence-electron chi connectivity index (χ1n) is 3.73. The van der Waals surface area contributed by atoms with E-state index in [-0.39, 0.29) is 5.65 Å². The number of hydrogen-bond donors (Lipinski definition) is 0. The Bertz CT molecular complexity index is 473. The topological polar surface area (TPSA) is 43.1 Å². The second-order valence-corrected chi connectivity index (χ2v) is 2.73. The van der Waals surface area contributed by atoms with Gasteiger partial charge in [0.05, 0.1) is 5.69 Å². The molecule has 4 nitrogen and oxygen atoms in total. The lowest BCUT2D eigenvalue weighted by Crippen LogP contribution is -2.10. The van der Waals surface area contributed by atoms with Crippen molar-refractivity contribution in [3.8, 4) is 0 Å². The molecule has 0 atom stereocenters. The summed E-state index contributed by atoms with van der Waals surface area (Å²) in [6.45, 7) is 1.57. The summed E-state index contributed by atoms with van der Waals surface area (Å²) in [4.78, 5) is 3.81. The molecule has 0 N–H and O–H groups in total. The number of hydrogen-bond acceptors (Lipinski definition) is 3. The molecule has 0 radical (unpaired) electrons. The highest BCUT2D eigenvalue weighted by atomic mass is 19.4. The van der Waals surface area contributed by atoms with Crippen LogP contribution >= 0.6 is 0 Å². The monoisotopic (exact) mass is 202 g/mol. The first-order chi connectivity index (χ1) is 6.50. The molecule has 0 aliphatic carbocycles. The summed E-state index contributed by atoms with van der Waals surface area (Å²) in [7, 11) is 0. The van der Waals surface area contributed by atoms with Crippen LogP contribution in [-0.2, 0) is 6.18 Å². The molecule has 0 aliphatic rings. The van der Waals surface area contributed by atoms with Crippen molar-refractivity contribution < 1.29 is 13.2 Å². The maximum atomic E-state index is 12.3. The largest absolute Gasteiger partial charge is 0.452 e. The van der Waals surface area contributed by atoms with Gasteiger partial charge in [0.25, 0.3) is 0 Å². The van der Waals surface area contributed by atoms with E-state index in [1.165, 1.54) is 12.4 Å². The van der Waals surface area contributed by atoms with Crippen LogP contribution in [0.25, 0.3) is 5.65 Å². The summed E-state index contributed by atoms with van der Waals surface area (Å²) in [6, 6.07) is 0. The van der Waals surface area contributed by atoms with Gasteiger partial charge in [-0.25, -0.2) is 0 Å². The molecule has 7 heteroatoms. The Morgan fingerprint density at radius 3 is 2.64 bits per heavy atom.